The second-order valence-electron chi connectivity index (χ2n) is 7.46. The SMILES string of the molecule is CC.CC.CC.CCc1ccccc1.[B]B([B])B([B])CC.[B]B([B])C.[B]C.[B][B]B([B])[B][B].[B][B]C.[B][B]C.[CH2-]c1ccccc1.[CH3-].[CH3-].[W].[W].[Y].[Y].[Y]. The smallest absolute Gasteiger partial charge is 0.0606 e. The van der Waals surface area contributed by atoms with Gasteiger partial charge in [0.2, 0.25) is 0 Å². The average molecular weight is 1250 g/mol. The van der Waals surface area contributed by atoms with Crippen LogP contribution in [-0.4, -0.2) is 139 Å². The van der Waals surface area contributed by atoms with Gasteiger partial charge in [0.25, 0.3) is 0 Å². The summed E-state index contributed by atoms with van der Waals surface area (Å²) in [5.74, 6) is 0. The Morgan fingerprint density at radius 2 is 0.811 bits per heavy atom. The standard InChI is InChI=1S/C8H10.C7H7.C2H5B5.3C2H6.CH3B3.2CH3B2.CH3B.2CH3.B6.2W.3Y/c1-2-8-6-4-3-5-7-8;1-7-5-3-2-4-6-7;1-2-6(3)7(4)5;3*1-2;1-4(2)3;2*1-3-2;1-2;;;1-4-6(3)5-2;;;;;/h3-7H,2H2,1H3;2-6H,1H2;2H2,1H3;3*1-2H3;1H3;2*1H3;1H3;2*1H3;;;;;;/q;-1;;;;;;;;;2*-1;;;;;;. The van der Waals surface area contributed by atoms with Crippen molar-refractivity contribution in [2.45, 2.75) is 95.4 Å². The third kappa shape index (κ3) is 159. The molecule has 0 nitrogen and oxygen atoms in total. The van der Waals surface area contributed by atoms with E-state index in [0.29, 0.717) is 0 Å². The molecule has 0 aliphatic carbocycles. The molecule has 53 heavy (non-hydrogen) atoms. The van der Waals surface area contributed by atoms with Crippen molar-refractivity contribution in [3.8, 4) is 0 Å². The van der Waals surface area contributed by atoms with Gasteiger partial charge >= 0.3 is 0 Å². The van der Waals surface area contributed by atoms with Gasteiger partial charge in [-0.15, -0.1) is 32.6 Å². The largest absolute Gasteiger partial charge is 0.358 e. The quantitative estimate of drug-likeness (QED) is 0.313. The van der Waals surface area contributed by atoms with Crippen LogP contribution in [0.3, 0.4) is 0 Å². The topological polar surface area (TPSA) is 0 Å². The normalized spacial score (nSPS) is 5.74. The molecule has 0 atom stereocenters. The van der Waals surface area contributed by atoms with Crippen LogP contribution in [0.1, 0.15) is 66.5 Å². The van der Waals surface area contributed by atoms with Crippen LogP contribution < -0.4 is 0 Å². The zero-order chi connectivity index (χ0) is 38.8. The molecule has 0 unspecified atom stereocenters. The molecule has 0 saturated carbocycles. The molecule has 0 aromatic heterocycles. The summed E-state index contributed by atoms with van der Waals surface area (Å²) < 4.78 is 0. The van der Waals surface area contributed by atoms with Gasteiger partial charge in [0, 0.05) is 258 Å². The third-order valence-electron chi connectivity index (χ3n) is 3.50. The van der Waals surface area contributed by atoms with Crippen LogP contribution in [0.2, 0.25) is 33.6 Å². The summed E-state index contributed by atoms with van der Waals surface area (Å²) in [5, 5.41) is 0. The Hall–Kier alpha value is 4.23. The van der Waals surface area contributed by atoms with E-state index in [0.717, 1.165) is 18.3 Å². The minimum absolute atomic E-state index is 0. The summed E-state index contributed by atoms with van der Waals surface area (Å²) in [4.78, 5) is 0. The minimum atomic E-state index is -0.356. The van der Waals surface area contributed by atoms with Crippen LogP contribution in [0.25, 0.3) is 0 Å². The first-order valence-electron chi connectivity index (χ1n) is 16.0. The molecule has 255 valence electrons. The van der Waals surface area contributed by atoms with E-state index < -0.39 is 0 Å². The van der Waals surface area contributed by atoms with E-state index in [4.69, 9.17) is 77.4 Å². The van der Waals surface area contributed by atoms with E-state index in [1.807, 2.05) is 84.9 Å². The molecule has 0 bridgehead atoms. The molecule has 0 aliphatic rings. The summed E-state index contributed by atoms with van der Waals surface area (Å²) in [6.45, 7) is 26.4. The van der Waals surface area contributed by atoms with E-state index in [2.05, 4.69) is 46.0 Å². The van der Waals surface area contributed by atoms with Gasteiger partial charge in [0.1, 0.15) is 0 Å². The molecule has 0 amide bonds. The minimum Gasteiger partial charge on any atom is -0.358 e. The van der Waals surface area contributed by atoms with Crippen molar-refractivity contribution in [3.05, 3.63) is 93.6 Å². The zero-order valence-corrected chi connectivity index (χ0v) is 50.8. The predicted molar refractivity (Wildman–Crippen MR) is 257 cm³/mol. The van der Waals surface area contributed by atoms with Gasteiger partial charge in [-0.05, 0) is 12.0 Å². The molecule has 0 N–H and O–H groups in total. The first-order valence-corrected chi connectivity index (χ1v) is 16.0. The fraction of sp³-hybridized carbons (Fsp3) is 0.483. The fourth-order valence-corrected chi connectivity index (χ4v) is 1.53. The molecule has 0 aliphatic heterocycles. The van der Waals surface area contributed by atoms with Crippen molar-refractivity contribution in [3.63, 3.8) is 0 Å². The van der Waals surface area contributed by atoms with Crippen LogP contribution in [0, 0.1) is 21.8 Å². The number of hydrogen-bond acceptors (Lipinski definition) is 0. The number of rotatable bonds is 5. The second kappa shape index (κ2) is 117. The van der Waals surface area contributed by atoms with Crippen molar-refractivity contribution < 1.29 is 140 Å². The fourth-order valence-electron chi connectivity index (χ4n) is 1.53. The van der Waals surface area contributed by atoms with E-state index in [-0.39, 0.29) is 181 Å². The van der Waals surface area contributed by atoms with E-state index in [1.165, 1.54) is 40.8 Å². The average Bonchev–Trinajstić information content (AvgIpc) is 3.09. The van der Waals surface area contributed by atoms with Gasteiger partial charge in [-0.3, -0.25) is 0 Å². The number of hydrogen-bond donors (Lipinski definition) is 0. The summed E-state index contributed by atoms with van der Waals surface area (Å²) in [5.41, 5.74) is 2.48. The first kappa shape index (κ1) is 106. The predicted octanol–water partition coefficient (Wildman–Crippen LogP) is 4.16. The Balaban J connectivity index is -0.0000000208. The van der Waals surface area contributed by atoms with Crippen molar-refractivity contribution >= 4 is 139 Å². The first-order chi connectivity index (χ1) is 21.9. The maximum atomic E-state index is 5.37. The van der Waals surface area contributed by atoms with Crippen LogP contribution in [-0.2, 0) is 147 Å². The van der Waals surface area contributed by atoms with Crippen molar-refractivity contribution in [1.82, 2.24) is 0 Å². The Labute approximate surface area is 461 Å². The van der Waals surface area contributed by atoms with Crippen molar-refractivity contribution in [2.24, 2.45) is 0 Å². The van der Waals surface area contributed by atoms with Gasteiger partial charge in [0.05, 0.1) is 22.2 Å². The Morgan fingerprint density at radius 1 is 0.585 bits per heavy atom. The maximum Gasteiger partial charge on any atom is 0.0606 e. The Morgan fingerprint density at radius 3 is 0.887 bits per heavy atom. The van der Waals surface area contributed by atoms with E-state index >= 15 is 0 Å². The molecule has 0 spiro atoms. The van der Waals surface area contributed by atoms with Gasteiger partial charge in [-0.1, -0.05) is 105 Å². The number of benzene rings is 2. The molecule has 24 heteroatoms. The molecule has 2 rings (SSSR count). The monoisotopic (exact) mass is 1250 g/mol. The Kier molecular flexibility index (Phi) is 236. The van der Waals surface area contributed by atoms with Gasteiger partial charge in [0.15, 0.2) is 0 Å². The number of aryl methyl sites for hydroxylation is 1. The van der Waals surface area contributed by atoms with Gasteiger partial charge in [-0.25, -0.2) is 0 Å². The van der Waals surface area contributed by atoms with Crippen molar-refractivity contribution in [1.29, 1.82) is 0 Å². The summed E-state index contributed by atoms with van der Waals surface area (Å²) in [6.07, 6.45) is 1.37. The molecule has 2 aromatic rings. The summed E-state index contributed by atoms with van der Waals surface area (Å²) >= 11 is 0. The molecule has 0 heterocycles. The second-order valence-corrected chi connectivity index (χ2v) is 7.46. The van der Waals surface area contributed by atoms with Crippen LogP contribution in [0.4, 0.5) is 0 Å². The Bertz CT molecular complexity index is 648. The van der Waals surface area contributed by atoms with E-state index in [9.17, 15) is 0 Å². The van der Waals surface area contributed by atoms with Crippen LogP contribution in [0.15, 0.2) is 60.7 Å². The molecule has 0 saturated heterocycles. The van der Waals surface area contributed by atoms with Crippen molar-refractivity contribution in [2.75, 3.05) is 0 Å². The zero-order valence-electron chi connectivity index (χ0n) is 36.4. The van der Waals surface area contributed by atoms with Gasteiger partial charge < -0.3 is 14.9 Å². The maximum absolute atomic E-state index is 5.37. The molecular weight excluding hydrogens is 1190 g/mol. The summed E-state index contributed by atoms with van der Waals surface area (Å²) in [7, 11) is 60.1. The molecule has 2 aromatic carbocycles. The van der Waals surface area contributed by atoms with E-state index in [1.54, 1.807) is 20.5 Å². The molecule has 0 fully saturated rings. The summed E-state index contributed by atoms with van der Waals surface area (Å²) in [6, 6.07) is 20.3. The molecule has 29 radical (unpaired) electrons. The molecular formula is C29H58B19W2Y3-3. The third-order valence-corrected chi connectivity index (χ3v) is 3.50. The van der Waals surface area contributed by atoms with Crippen LogP contribution >= 0.6 is 0 Å². The van der Waals surface area contributed by atoms with Gasteiger partial charge in [-0.2, -0.15) is 24.6 Å². The van der Waals surface area contributed by atoms with Crippen LogP contribution in [0.5, 0.6) is 0 Å².